The molecule has 7 rings (SSSR count). The Balaban J connectivity index is 1.26. The summed E-state index contributed by atoms with van der Waals surface area (Å²) in [6.45, 7) is 2.03. The molecule has 3 aromatic rings. The van der Waals surface area contributed by atoms with Gasteiger partial charge in [-0.1, -0.05) is 0 Å². The molecule has 4 bridgehead atoms. The van der Waals surface area contributed by atoms with Crippen LogP contribution in [0.4, 0.5) is 5.95 Å². The highest BCUT2D eigenvalue weighted by molar-refractivity contribution is 7.16. The van der Waals surface area contributed by atoms with Crippen LogP contribution in [0.2, 0.25) is 0 Å². The average molecular weight is 410 g/mol. The van der Waals surface area contributed by atoms with Crippen LogP contribution in [0.15, 0.2) is 17.5 Å². The molecule has 4 fully saturated rings. The molecule has 3 aromatic heterocycles. The van der Waals surface area contributed by atoms with Gasteiger partial charge in [-0.25, -0.2) is 9.97 Å². The first kappa shape index (κ1) is 17.8. The maximum atomic E-state index is 10.9. The fraction of sp³-hybridized carbons (Fsp3) is 0.591. The van der Waals surface area contributed by atoms with Crippen LogP contribution < -0.4 is 5.32 Å². The van der Waals surface area contributed by atoms with E-state index >= 15 is 0 Å². The summed E-state index contributed by atoms with van der Waals surface area (Å²) in [4.78, 5) is 10.8. The van der Waals surface area contributed by atoms with E-state index in [1.165, 1.54) is 12.8 Å². The van der Waals surface area contributed by atoms with Gasteiger partial charge in [0, 0.05) is 17.1 Å². The van der Waals surface area contributed by atoms with Crippen molar-refractivity contribution in [3.05, 3.63) is 34.6 Å². The number of aromatic nitrogens is 4. The quantitative estimate of drug-likeness (QED) is 0.596. The van der Waals surface area contributed by atoms with Gasteiger partial charge in [-0.3, -0.25) is 5.10 Å². The fourth-order valence-corrected chi connectivity index (χ4v) is 7.17. The van der Waals surface area contributed by atoms with Crippen molar-refractivity contribution in [1.29, 1.82) is 0 Å². The van der Waals surface area contributed by atoms with E-state index in [9.17, 15) is 5.11 Å². The minimum Gasteiger partial charge on any atom is -0.390 e. The predicted octanol–water partition coefficient (Wildman–Crippen LogP) is 3.86. The summed E-state index contributed by atoms with van der Waals surface area (Å²) < 4.78 is 0. The molecule has 0 amide bonds. The molecule has 0 saturated heterocycles. The van der Waals surface area contributed by atoms with Crippen molar-refractivity contribution in [2.75, 3.05) is 5.32 Å². The standard InChI is InChI=1S/C22H27N5OS/c1-12-6-16(27-26-12)2-3-18-17-4-5-29-20(17)25-21(23-18)24-19-14-7-13-8-15(19)11-22(28,9-13)10-14/h4-6,13-15,19,28H,2-3,7-11H2,1H3,(H,26,27)(H,23,24,25). The number of hydrogen-bond donors (Lipinski definition) is 3. The van der Waals surface area contributed by atoms with E-state index in [4.69, 9.17) is 9.97 Å². The molecule has 7 heteroatoms. The zero-order chi connectivity index (χ0) is 19.6. The van der Waals surface area contributed by atoms with Gasteiger partial charge in [0.1, 0.15) is 4.83 Å². The molecule has 0 aromatic carbocycles. The Morgan fingerprint density at radius 2 is 2.03 bits per heavy atom. The Morgan fingerprint density at radius 1 is 1.21 bits per heavy atom. The van der Waals surface area contributed by atoms with Crippen LogP contribution in [0.25, 0.3) is 10.2 Å². The summed E-state index contributed by atoms with van der Waals surface area (Å²) in [7, 11) is 0. The Bertz CT molecular complexity index is 1040. The van der Waals surface area contributed by atoms with Crippen LogP contribution in [0.3, 0.4) is 0 Å². The minimum atomic E-state index is -0.403. The first-order valence-corrected chi connectivity index (χ1v) is 11.7. The van der Waals surface area contributed by atoms with Crippen molar-refractivity contribution in [2.24, 2.45) is 17.8 Å². The van der Waals surface area contributed by atoms with E-state index in [2.05, 4.69) is 33.0 Å². The third-order valence-electron chi connectivity index (χ3n) is 7.32. The van der Waals surface area contributed by atoms with E-state index < -0.39 is 5.60 Å². The summed E-state index contributed by atoms with van der Waals surface area (Å²) in [6.07, 6.45) is 7.09. The number of thiophene rings is 1. The second-order valence-corrected chi connectivity index (χ2v) is 10.4. The highest BCUT2D eigenvalue weighted by atomic mass is 32.1. The molecular formula is C22H27N5OS. The second-order valence-electron chi connectivity index (χ2n) is 9.54. The summed E-state index contributed by atoms with van der Waals surface area (Å²) in [6, 6.07) is 4.63. The van der Waals surface area contributed by atoms with Crippen molar-refractivity contribution in [3.8, 4) is 0 Å². The van der Waals surface area contributed by atoms with E-state index in [0.29, 0.717) is 23.8 Å². The normalized spacial score (nSPS) is 32.9. The topological polar surface area (TPSA) is 86.7 Å². The van der Waals surface area contributed by atoms with E-state index in [0.717, 1.165) is 65.4 Å². The molecule has 29 heavy (non-hydrogen) atoms. The van der Waals surface area contributed by atoms with Gasteiger partial charge in [0.05, 0.1) is 17.0 Å². The lowest BCUT2D eigenvalue weighted by atomic mass is 9.52. The summed E-state index contributed by atoms with van der Waals surface area (Å²) in [5.74, 6) is 2.57. The molecule has 6 nitrogen and oxygen atoms in total. The summed E-state index contributed by atoms with van der Waals surface area (Å²) >= 11 is 1.68. The number of nitrogens with one attached hydrogen (secondary N) is 2. The number of hydrogen-bond acceptors (Lipinski definition) is 6. The number of aliphatic hydroxyl groups is 1. The number of H-pyrrole nitrogens is 1. The van der Waals surface area contributed by atoms with Crippen molar-refractivity contribution < 1.29 is 5.11 Å². The molecule has 0 spiro atoms. The minimum absolute atomic E-state index is 0.395. The third kappa shape index (κ3) is 3.15. The largest absolute Gasteiger partial charge is 0.390 e. The molecule has 152 valence electrons. The zero-order valence-corrected chi connectivity index (χ0v) is 17.5. The summed E-state index contributed by atoms with van der Waals surface area (Å²) in [5, 5.41) is 25.2. The Kier molecular flexibility index (Phi) is 4.00. The van der Waals surface area contributed by atoms with Gasteiger partial charge in [-0.05, 0) is 87.1 Å². The SMILES string of the molecule is Cc1cc(CCc2nc(NC3C4CC5CC3CC(O)(C5)C4)nc3sccc23)n[nH]1. The lowest BCUT2D eigenvalue weighted by molar-refractivity contribution is -0.129. The number of aromatic amines is 1. The first-order valence-electron chi connectivity index (χ1n) is 10.8. The van der Waals surface area contributed by atoms with Gasteiger partial charge in [-0.15, -0.1) is 11.3 Å². The van der Waals surface area contributed by atoms with Crippen LogP contribution in [-0.2, 0) is 12.8 Å². The molecule has 2 atom stereocenters. The predicted molar refractivity (Wildman–Crippen MR) is 114 cm³/mol. The Hall–Kier alpha value is -1.99. The van der Waals surface area contributed by atoms with Crippen LogP contribution in [0.5, 0.6) is 0 Å². The van der Waals surface area contributed by atoms with Crippen molar-refractivity contribution in [2.45, 2.75) is 63.5 Å². The maximum Gasteiger partial charge on any atom is 0.224 e. The number of fused-ring (bicyclic) bond motifs is 1. The van der Waals surface area contributed by atoms with Gasteiger partial charge >= 0.3 is 0 Å². The number of aryl methyl sites for hydroxylation is 3. The molecule has 3 N–H and O–H groups in total. The highest BCUT2D eigenvalue weighted by Gasteiger charge is 2.54. The molecule has 4 aliphatic rings. The number of nitrogens with zero attached hydrogens (tertiary/aromatic N) is 3. The first-order chi connectivity index (χ1) is 14.0. The molecule has 4 saturated carbocycles. The Labute approximate surface area is 174 Å². The van der Waals surface area contributed by atoms with Gasteiger partial charge < -0.3 is 10.4 Å². The maximum absolute atomic E-state index is 10.9. The van der Waals surface area contributed by atoms with Crippen LogP contribution >= 0.6 is 11.3 Å². The van der Waals surface area contributed by atoms with Gasteiger partial charge in [0.15, 0.2) is 0 Å². The van der Waals surface area contributed by atoms with Gasteiger partial charge in [0.25, 0.3) is 0 Å². The van der Waals surface area contributed by atoms with Crippen LogP contribution in [-0.4, -0.2) is 36.9 Å². The third-order valence-corrected chi connectivity index (χ3v) is 8.12. The molecule has 4 aliphatic carbocycles. The van der Waals surface area contributed by atoms with Gasteiger partial charge in [0.2, 0.25) is 5.95 Å². The smallest absolute Gasteiger partial charge is 0.224 e. The number of anilines is 1. The highest BCUT2D eigenvalue weighted by Crippen LogP contribution is 2.56. The van der Waals surface area contributed by atoms with Gasteiger partial charge in [-0.2, -0.15) is 5.10 Å². The van der Waals surface area contributed by atoms with Crippen molar-refractivity contribution in [1.82, 2.24) is 20.2 Å². The summed E-state index contributed by atoms with van der Waals surface area (Å²) in [5.41, 5.74) is 2.87. The molecule has 0 aliphatic heterocycles. The van der Waals surface area contributed by atoms with Crippen LogP contribution in [0.1, 0.15) is 49.2 Å². The van der Waals surface area contributed by atoms with E-state index in [1.54, 1.807) is 11.3 Å². The molecule has 0 radical (unpaired) electrons. The zero-order valence-electron chi connectivity index (χ0n) is 16.7. The Morgan fingerprint density at radius 3 is 2.76 bits per heavy atom. The van der Waals surface area contributed by atoms with Crippen LogP contribution in [0, 0.1) is 24.7 Å². The fourth-order valence-electron chi connectivity index (χ4n) is 6.39. The average Bonchev–Trinajstić information content (AvgIpc) is 3.30. The van der Waals surface area contributed by atoms with E-state index in [1.807, 2.05) is 6.92 Å². The monoisotopic (exact) mass is 409 g/mol. The lowest BCUT2D eigenvalue weighted by Crippen LogP contribution is -2.59. The lowest BCUT2D eigenvalue weighted by Gasteiger charge is -2.58. The van der Waals surface area contributed by atoms with Crippen molar-refractivity contribution in [3.63, 3.8) is 0 Å². The second kappa shape index (κ2) is 6.51. The molecule has 2 unspecified atom stereocenters. The van der Waals surface area contributed by atoms with E-state index in [-0.39, 0.29) is 0 Å². The number of rotatable bonds is 5. The molecular weight excluding hydrogens is 382 g/mol. The van der Waals surface area contributed by atoms with Crippen molar-refractivity contribution >= 4 is 27.5 Å². The molecule has 3 heterocycles.